The van der Waals surface area contributed by atoms with Crippen molar-refractivity contribution >= 4 is 6.03 Å². The molecular formula is C19H26N4O2. The molecule has 1 aliphatic rings. The maximum absolute atomic E-state index is 12.2. The van der Waals surface area contributed by atoms with Crippen molar-refractivity contribution in [1.82, 2.24) is 20.4 Å². The molecule has 1 unspecified atom stereocenters. The molecule has 0 radical (unpaired) electrons. The molecule has 0 spiro atoms. The lowest BCUT2D eigenvalue weighted by atomic mass is 9.95. The highest BCUT2D eigenvalue weighted by Crippen LogP contribution is 2.37. The van der Waals surface area contributed by atoms with Crippen LogP contribution >= 0.6 is 0 Å². The van der Waals surface area contributed by atoms with E-state index in [1.165, 1.54) is 0 Å². The average molecular weight is 342 g/mol. The van der Waals surface area contributed by atoms with E-state index in [1.54, 1.807) is 10.9 Å². The average Bonchev–Trinajstić information content (AvgIpc) is 3.12. The first-order valence-corrected chi connectivity index (χ1v) is 8.59. The highest BCUT2D eigenvalue weighted by Gasteiger charge is 2.46. The number of ether oxygens (including phenoxy) is 1. The van der Waals surface area contributed by atoms with Gasteiger partial charge in [-0.3, -0.25) is 0 Å². The van der Waals surface area contributed by atoms with E-state index in [-0.39, 0.29) is 23.3 Å². The van der Waals surface area contributed by atoms with Gasteiger partial charge in [-0.05, 0) is 57.9 Å². The molecule has 2 N–H and O–H groups in total. The van der Waals surface area contributed by atoms with Crippen LogP contribution < -0.4 is 10.6 Å². The Labute approximate surface area is 148 Å². The zero-order chi connectivity index (χ0) is 18.1. The zero-order valence-corrected chi connectivity index (χ0v) is 15.2. The number of amides is 2. The molecule has 0 saturated carbocycles. The second-order valence-corrected chi connectivity index (χ2v) is 7.67. The Kier molecular flexibility index (Phi) is 4.56. The normalized spacial score (nSPS) is 21.0. The van der Waals surface area contributed by atoms with Gasteiger partial charge in [-0.15, -0.1) is 0 Å². The van der Waals surface area contributed by atoms with Gasteiger partial charge in [0.2, 0.25) is 0 Å². The summed E-state index contributed by atoms with van der Waals surface area (Å²) in [6, 6.07) is 9.65. The Balaban J connectivity index is 1.52. The SMILES string of the molecule is CC1(C)CC(NC(=O)NCc2ccc(-n3cccn3)cc2)C(C)(C)O1. The lowest BCUT2D eigenvalue weighted by Gasteiger charge is -2.27. The number of benzene rings is 1. The Morgan fingerprint density at radius 3 is 2.56 bits per heavy atom. The first-order chi connectivity index (χ1) is 11.8. The zero-order valence-electron chi connectivity index (χ0n) is 15.2. The molecule has 134 valence electrons. The minimum absolute atomic E-state index is 0.00955. The Morgan fingerprint density at radius 2 is 2.00 bits per heavy atom. The van der Waals surface area contributed by atoms with Crippen LogP contribution in [0.1, 0.15) is 39.7 Å². The van der Waals surface area contributed by atoms with Gasteiger partial charge in [-0.2, -0.15) is 5.10 Å². The van der Waals surface area contributed by atoms with Gasteiger partial charge in [-0.25, -0.2) is 9.48 Å². The fourth-order valence-electron chi connectivity index (χ4n) is 3.37. The van der Waals surface area contributed by atoms with Gasteiger partial charge in [0.15, 0.2) is 0 Å². The summed E-state index contributed by atoms with van der Waals surface area (Å²) in [5, 5.41) is 10.2. The smallest absolute Gasteiger partial charge is 0.315 e. The summed E-state index contributed by atoms with van der Waals surface area (Å²) < 4.78 is 7.81. The highest BCUT2D eigenvalue weighted by molar-refractivity contribution is 5.74. The summed E-state index contributed by atoms with van der Waals surface area (Å²) >= 11 is 0. The molecular weight excluding hydrogens is 316 g/mol. The van der Waals surface area contributed by atoms with Crippen LogP contribution in [0.15, 0.2) is 42.7 Å². The second kappa shape index (κ2) is 6.52. The van der Waals surface area contributed by atoms with E-state index in [0.717, 1.165) is 17.7 Å². The lowest BCUT2D eigenvalue weighted by molar-refractivity contribution is -0.0690. The minimum atomic E-state index is -0.369. The quantitative estimate of drug-likeness (QED) is 0.897. The molecule has 1 aromatic carbocycles. The number of rotatable bonds is 4. The number of aromatic nitrogens is 2. The van der Waals surface area contributed by atoms with E-state index in [4.69, 9.17) is 4.74 Å². The molecule has 6 heteroatoms. The van der Waals surface area contributed by atoms with Crippen molar-refractivity contribution < 1.29 is 9.53 Å². The van der Waals surface area contributed by atoms with Crippen molar-refractivity contribution in [3.63, 3.8) is 0 Å². The standard InChI is InChI=1S/C19H26N4O2/c1-18(2)12-16(19(3,4)25-18)22-17(24)20-13-14-6-8-15(9-7-14)23-11-5-10-21-23/h5-11,16H,12-13H2,1-4H3,(H2,20,22,24). The first kappa shape index (κ1) is 17.5. The van der Waals surface area contributed by atoms with Gasteiger partial charge in [0.05, 0.1) is 22.9 Å². The summed E-state index contributed by atoms with van der Waals surface area (Å²) in [4.78, 5) is 12.2. The van der Waals surface area contributed by atoms with Crippen molar-refractivity contribution in [3.05, 3.63) is 48.3 Å². The van der Waals surface area contributed by atoms with Gasteiger partial charge in [0, 0.05) is 18.9 Å². The monoisotopic (exact) mass is 342 g/mol. The number of urea groups is 1. The third kappa shape index (κ3) is 4.20. The molecule has 1 saturated heterocycles. The molecule has 1 aromatic heterocycles. The number of nitrogens with zero attached hydrogens (tertiary/aromatic N) is 2. The number of carbonyl (C=O) groups is 1. The van der Waals surface area contributed by atoms with Crippen molar-refractivity contribution in [2.75, 3.05) is 0 Å². The summed E-state index contributed by atoms with van der Waals surface area (Å²) in [7, 11) is 0. The fraction of sp³-hybridized carbons (Fsp3) is 0.474. The molecule has 1 fully saturated rings. The fourth-order valence-corrected chi connectivity index (χ4v) is 3.37. The second-order valence-electron chi connectivity index (χ2n) is 7.67. The Hall–Kier alpha value is -2.34. The van der Waals surface area contributed by atoms with Crippen LogP contribution in [0.3, 0.4) is 0 Å². The molecule has 3 rings (SSSR count). The molecule has 0 bridgehead atoms. The molecule has 6 nitrogen and oxygen atoms in total. The molecule has 25 heavy (non-hydrogen) atoms. The van der Waals surface area contributed by atoms with E-state index in [1.807, 2.05) is 50.4 Å². The predicted octanol–water partition coefficient (Wildman–Crippen LogP) is 3.02. The number of hydrogen-bond acceptors (Lipinski definition) is 3. The minimum Gasteiger partial charge on any atom is -0.367 e. The molecule has 1 aliphatic heterocycles. The lowest BCUT2D eigenvalue weighted by Crippen LogP contribution is -2.49. The van der Waals surface area contributed by atoms with Crippen LogP contribution in [0.2, 0.25) is 0 Å². The van der Waals surface area contributed by atoms with Gasteiger partial charge < -0.3 is 15.4 Å². The van der Waals surface area contributed by atoms with E-state index in [0.29, 0.717) is 6.54 Å². The summed E-state index contributed by atoms with van der Waals surface area (Å²) in [5.74, 6) is 0. The molecule has 2 amide bonds. The third-order valence-electron chi connectivity index (χ3n) is 4.54. The van der Waals surface area contributed by atoms with E-state index >= 15 is 0 Å². The van der Waals surface area contributed by atoms with Crippen molar-refractivity contribution in [2.24, 2.45) is 0 Å². The van der Waals surface area contributed by atoms with Crippen LogP contribution in [-0.2, 0) is 11.3 Å². The third-order valence-corrected chi connectivity index (χ3v) is 4.54. The summed E-state index contributed by atoms with van der Waals surface area (Å²) in [6.45, 7) is 8.61. The van der Waals surface area contributed by atoms with Crippen molar-refractivity contribution in [3.8, 4) is 5.69 Å². The predicted molar refractivity (Wildman–Crippen MR) is 96.6 cm³/mol. The highest BCUT2D eigenvalue weighted by atomic mass is 16.5. The van der Waals surface area contributed by atoms with Crippen LogP contribution in [0.5, 0.6) is 0 Å². The van der Waals surface area contributed by atoms with Crippen molar-refractivity contribution in [2.45, 2.75) is 57.9 Å². The topological polar surface area (TPSA) is 68.2 Å². The molecule has 2 aromatic rings. The van der Waals surface area contributed by atoms with E-state index < -0.39 is 0 Å². The Bertz CT molecular complexity index is 720. The number of nitrogens with one attached hydrogen (secondary N) is 2. The molecule has 2 heterocycles. The van der Waals surface area contributed by atoms with Crippen LogP contribution in [0, 0.1) is 0 Å². The number of carbonyl (C=O) groups excluding carboxylic acids is 1. The van der Waals surface area contributed by atoms with E-state index in [9.17, 15) is 4.79 Å². The summed E-state index contributed by atoms with van der Waals surface area (Å²) in [6.07, 6.45) is 4.44. The van der Waals surface area contributed by atoms with Crippen molar-refractivity contribution in [1.29, 1.82) is 0 Å². The van der Waals surface area contributed by atoms with Crippen LogP contribution in [0.25, 0.3) is 5.69 Å². The number of hydrogen-bond donors (Lipinski definition) is 2. The largest absolute Gasteiger partial charge is 0.367 e. The van der Waals surface area contributed by atoms with E-state index in [2.05, 4.69) is 29.6 Å². The van der Waals surface area contributed by atoms with Gasteiger partial charge in [-0.1, -0.05) is 12.1 Å². The maximum atomic E-state index is 12.2. The van der Waals surface area contributed by atoms with Gasteiger partial charge in [0.1, 0.15) is 0 Å². The molecule has 0 aliphatic carbocycles. The van der Waals surface area contributed by atoms with Gasteiger partial charge >= 0.3 is 6.03 Å². The summed E-state index contributed by atoms with van der Waals surface area (Å²) in [5.41, 5.74) is 1.44. The molecule has 1 atom stereocenters. The first-order valence-electron chi connectivity index (χ1n) is 8.59. The van der Waals surface area contributed by atoms with Gasteiger partial charge in [0.25, 0.3) is 0 Å². The van der Waals surface area contributed by atoms with Crippen LogP contribution in [0.4, 0.5) is 4.79 Å². The maximum Gasteiger partial charge on any atom is 0.315 e. The van der Waals surface area contributed by atoms with Crippen LogP contribution in [-0.4, -0.2) is 33.1 Å². The Morgan fingerprint density at radius 1 is 1.28 bits per heavy atom.